The number of para-hydroxylation sites is 1. The number of rotatable bonds is 9. The molecule has 2 N–H and O–H groups in total. The van der Waals surface area contributed by atoms with Crippen LogP contribution in [-0.4, -0.2) is 29.1 Å². The van der Waals surface area contributed by atoms with Crippen molar-refractivity contribution in [3.63, 3.8) is 0 Å². The lowest BCUT2D eigenvalue weighted by Crippen LogP contribution is -2.37. The average molecular weight is 355 g/mol. The minimum atomic E-state index is -0.874. The molecule has 1 amide bonds. The molecule has 0 aliphatic rings. The van der Waals surface area contributed by atoms with Crippen LogP contribution in [0.2, 0.25) is 0 Å². The molecule has 0 aliphatic carbocycles. The van der Waals surface area contributed by atoms with Crippen molar-refractivity contribution in [2.75, 3.05) is 0 Å². The maximum atomic E-state index is 12.8. The Balaban J connectivity index is 2.13. The highest BCUT2D eigenvalue weighted by atomic mass is 16.5. The zero-order chi connectivity index (χ0) is 18.9. The highest BCUT2D eigenvalue weighted by molar-refractivity contribution is 5.97. The molecule has 1 unspecified atom stereocenters. The van der Waals surface area contributed by atoms with E-state index in [1.165, 1.54) is 0 Å². The first-order valence-electron chi connectivity index (χ1n) is 8.78. The number of carboxylic acids is 1. The number of amides is 1. The molecule has 138 valence electrons. The third-order valence-electron chi connectivity index (χ3n) is 3.86. The SMILES string of the molecule is CC(C)Oc1ccccc1C(=O)NC(CCC(=O)O)Cc1ccccc1. The molecule has 0 aliphatic heterocycles. The monoisotopic (exact) mass is 355 g/mol. The van der Waals surface area contributed by atoms with Gasteiger partial charge < -0.3 is 15.2 Å². The van der Waals surface area contributed by atoms with Crippen LogP contribution in [0.1, 0.15) is 42.6 Å². The van der Waals surface area contributed by atoms with Crippen molar-refractivity contribution >= 4 is 11.9 Å². The summed E-state index contributed by atoms with van der Waals surface area (Å²) in [7, 11) is 0. The van der Waals surface area contributed by atoms with Crippen LogP contribution in [0.3, 0.4) is 0 Å². The smallest absolute Gasteiger partial charge is 0.303 e. The molecule has 0 saturated heterocycles. The molecule has 5 heteroatoms. The van der Waals surface area contributed by atoms with Gasteiger partial charge in [0, 0.05) is 12.5 Å². The Kier molecular flexibility index (Phi) is 7.21. The molecule has 2 rings (SSSR count). The molecule has 26 heavy (non-hydrogen) atoms. The van der Waals surface area contributed by atoms with Crippen molar-refractivity contribution in [2.45, 2.75) is 45.3 Å². The number of hydrogen-bond donors (Lipinski definition) is 2. The lowest BCUT2D eigenvalue weighted by molar-refractivity contribution is -0.137. The summed E-state index contributed by atoms with van der Waals surface area (Å²) in [6, 6.07) is 16.5. The van der Waals surface area contributed by atoms with Gasteiger partial charge in [0.25, 0.3) is 5.91 Å². The van der Waals surface area contributed by atoms with Crippen molar-refractivity contribution in [1.82, 2.24) is 5.32 Å². The molecule has 0 fully saturated rings. The molecule has 0 bridgehead atoms. The summed E-state index contributed by atoms with van der Waals surface area (Å²) in [5, 5.41) is 12.0. The Bertz CT molecular complexity index is 728. The van der Waals surface area contributed by atoms with Crippen LogP contribution < -0.4 is 10.1 Å². The molecule has 0 spiro atoms. The second-order valence-corrected chi connectivity index (χ2v) is 6.46. The van der Waals surface area contributed by atoms with E-state index < -0.39 is 5.97 Å². The third-order valence-corrected chi connectivity index (χ3v) is 3.86. The van der Waals surface area contributed by atoms with Crippen molar-refractivity contribution in [3.8, 4) is 5.75 Å². The van der Waals surface area contributed by atoms with Gasteiger partial charge in [0.15, 0.2) is 0 Å². The third kappa shape index (κ3) is 6.24. The van der Waals surface area contributed by atoms with Crippen molar-refractivity contribution in [1.29, 1.82) is 0 Å². The Labute approximate surface area is 154 Å². The summed E-state index contributed by atoms with van der Waals surface area (Å²) in [6.07, 6.45) is 0.897. The molecule has 0 radical (unpaired) electrons. The van der Waals surface area contributed by atoms with Gasteiger partial charge in [-0.25, -0.2) is 0 Å². The largest absolute Gasteiger partial charge is 0.490 e. The van der Waals surface area contributed by atoms with Gasteiger partial charge in [0.1, 0.15) is 5.75 Å². The van der Waals surface area contributed by atoms with Gasteiger partial charge in [-0.2, -0.15) is 0 Å². The van der Waals surface area contributed by atoms with Crippen molar-refractivity contribution in [2.24, 2.45) is 0 Å². The molecule has 1 atom stereocenters. The molecule has 0 heterocycles. The van der Waals surface area contributed by atoms with E-state index in [2.05, 4.69) is 5.32 Å². The number of carboxylic acid groups (broad SMARTS) is 1. The standard InChI is InChI=1S/C21H25NO4/c1-15(2)26-19-11-7-6-10-18(19)21(25)22-17(12-13-20(23)24)14-16-8-4-3-5-9-16/h3-11,15,17H,12-14H2,1-2H3,(H,22,25)(H,23,24). The fraction of sp³-hybridized carbons (Fsp3) is 0.333. The van der Waals surface area contributed by atoms with Gasteiger partial charge >= 0.3 is 5.97 Å². The Morgan fingerprint density at radius 3 is 2.35 bits per heavy atom. The summed E-state index contributed by atoms with van der Waals surface area (Å²) < 4.78 is 5.71. The van der Waals surface area contributed by atoms with Gasteiger partial charge in [0.2, 0.25) is 0 Å². The summed E-state index contributed by atoms with van der Waals surface area (Å²) in [5.41, 5.74) is 1.50. The number of nitrogens with one attached hydrogen (secondary N) is 1. The van der Waals surface area contributed by atoms with Crippen LogP contribution in [0.15, 0.2) is 54.6 Å². The van der Waals surface area contributed by atoms with Crippen LogP contribution in [-0.2, 0) is 11.2 Å². The minimum Gasteiger partial charge on any atom is -0.490 e. The minimum absolute atomic E-state index is 0.00191. The average Bonchev–Trinajstić information content (AvgIpc) is 2.60. The van der Waals surface area contributed by atoms with E-state index in [-0.39, 0.29) is 24.5 Å². The predicted molar refractivity (Wildman–Crippen MR) is 100 cm³/mol. The number of ether oxygens (including phenoxy) is 1. The number of carbonyl (C=O) groups excluding carboxylic acids is 1. The number of aliphatic carboxylic acids is 1. The fourth-order valence-electron chi connectivity index (χ4n) is 2.70. The maximum absolute atomic E-state index is 12.8. The van der Waals surface area contributed by atoms with Gasteiger partial charge in [-0.1, -0.05) is 42.5 Å². The van der Waals surface area contributed by atoms with Gasteiger partial charge in [-0.3, -0.25) is 9.59 Å². The zero-order valence-corrected chi connectivity index (χ0v) is 15.1. The molecule has 0 aromatic heterocycles. The predicted octanol–water partition coefficient (Wildman–Crippen LogP) is 3.68. The fourth-order valence-corrected chi connectivity index (χ4v) is 2.70. The summed E-state index contributed by atoms with van der Waals surface area (Å²) >= 11 is 0. The van der Waals surface area contributed by atoms with Crippen LogP contribution in [0.4, 0.5) is 0 Å². The maximum Gasteiger partial charge on any atom is 0.303 e. The summed E-state index contributed by atoms with van der Waals surface area (Å²) in [5.74, 6) is -0.606. The first kappa shape index (κ1) is 19.5. The number of hydrogen-bond acceptors (Lipinski definition) is 3. The normalized spacial score (nSPS) is 11.8. The summed E-state index contributed by atoms with van der Waals surface area (Å²) in [6.45, 7) is 3.81. The zero-order valence-electron chi connectivity index (χ0n) is 15.1. The van der Waals surface area contributed by atoms with E-state index in [1.54, 1.807) is 18.2 Å². The second-order valence-electron chi connectivity index (χ2n) is 6.46. The first-order valence-corrected chi connectivity index (χ1v) is 8.78. The summed E-state index contributed by atoms with van der Waals surface area (Å²) in [4.78, 5) is 23.7. The van der Waals surface area contributed by atoms with Gasteiger partial charge in [-0.15, -0.1) is 0 Å². The molecular weight excluding hydrogens is 330 g/mol. The van der Waals surface area contributed by atoms with Crippen molar-refractivity contribution < 1.29 is 19.4 Å². The Hall–Kier alpha value is -2.82. The quantitative estimate of drug-likeness (QED) is 0.719. The van der Waals surface area contributed by atoms with Gasteiger partial charge in [-0.05, 0) is 44.4 Å². The number of benzene rings is 2. The lowest BCUT2D eigenvalue weighted by Gasteiger charge is -2.20. The Morgan fingerprint density at radius 1 is 1.04 bits per heavy atom. The van der Waals surface area contributed by atoms with E-state index >= 15 is 0 Å². The van der Waals surface area contributed by atoms with E-state index in [0.29, 0.717) is 24.2 Å². The molecule has 2 aromatic rings. The Morgan fingerprint density at radius 2 is 1.69 bits per heavy atom. The highest BCUT2D eigenvalue weighted by Gasteiger charge is 2.19. The van der Waals surface area contributed by atoms with E-state index in [0.717, 1.165) is 5.56 Å². The second kappa shape index (κ2) is 9.61. The number of carbonyl (C=O) groups is 2. The first-order chi connectivity index (χ1) is 12.5. The van der Waals surface area contributed by atoms with Crippen LogP contribution in [0, 0.1) is 0 Å². The van der Waals surface area contributed by atoms with Crippen LogP contribution in [0.5, 0.6) is 5.75 Å². The van der Waals surface area contributed by atoms with E-state index in [1.807, 2.05) is 50.2 Å². The topological polar surface area (TPSA) is 75.6 Å². The lowest BCUT2D eigenvalue weighted by atomic mass is 10.0. The highest BCUT2D eigenvalue weighted by Crippen LogP contribution is 2.20. The molecule has 5 nitrogen and oxygen atoms in total. The van der Waals surface area contributed by atoms with E-state index in [9.17, 15) is 9.59 Å². The molecule has 2 aromatic carbocycles. The van der Waals surface area contributed by atoms with Crippen molar-refractivity contribution in [3.05, 3.63) is 65.7 Å². The van der Waals surface area contributed by atoms with Crippen LogP contribution >= 0.6 is 0 Å². The molecular formula is C21H25NO4. The molecule has 0 saturated carbocycles. The van der Waals surface area contributed by atoms with Crippen LogP contribution in [0.25, 0.3) is 0 Å². The van der Waals surface area contributed by atoms with E-state index in [4.69, 9.17) is 9.84 Å². The van der Waals surface area contributed by atoms with Gasteiger partial charge in [0.05, 0.1) is 11.7 Å².